The van der Waals surface area contributed by atoms with Gasteiger partial charge in [0.1, 0.15) is 0 Å². The van der Waals surface area contributed by atoms with E-state index in [1.54, 1.807) is 0 Å². The third kappa shape index (κ3) is 3.07. The van der Waals surface area contributed by atoms with Crippen molar-refractivity contribution in [2.75, 3.05) is 24.5 Å². The Morgan fingerprint density at radius 1 is 1.15 bits per heavy atom. The average molecular weight is 272 g/mol. The molecule has 0 aliphatic carbocycles. The van der Waals surface area contributed by atoms with Gasteiger partial charge in [0.05, 0.1) is 16.7 Å². The van der Waals surface area contributed by atoms with E-state index in [0.29, 0.717) is 6.54 Å². The van der Waals surface area contributed by atoms with Crippen LogP contribution in [0.1, 0.15) is 26.5 Å². The van der Waals surface area contributed by atoms with E-state index in [1.807, 2.05) is 31.2 Å². The molecule has 0 aliphatic heterocycles. The summed E-state index contributed by atoms with van der Waals surface area (Å²) in [6.07, 6.45) is 0. The summed E-state index contributed by atoms with van der Waals surface area (Å²) in [5, 5.41) is 0. The lowest BCUT2D eigenvalue weighted by molar-refractivity contribution is 0.378. The van der Waals surface area contributed by atoms with Crippen LogP contribution in [0, 0.1) is 12.3 Å². The number of hydrogen-bond donors (Lipinski definition) is 1. The number of anilines is 1. The predicted molar refractivity (Wildman–Crippen MR) is 85.0 cm³/mol. The third-order valence-corrected chi connectivity index (χ3v) is 3.57. The zero-order valence-corrected chi connectivity index (χ0v) is 12.8. The summed E-state index contributed by atoms with van der Waals surface area (Å²) in [6, 6.07) is 7.99. The van der Waals surface area contributed by atoms with Gasteiger partial charge in [-0.25, -0.2) is 9.97 Å². The smallest absolute Gasteiger partial charge is 0.150 e. The summed E-state index contributed by atoms with van der Waals surface area (Å²) in [6.45, 7) is 11.0. The molecule has 4 nitrogen and oxygen atoms in total. The quantitative estimate of drug-likeness (QED) is 0.909. The third-order valence-electron chi connectivity index (χ3n) is 3.57. The van der Waals surface area contributed by atoms with E-state index < -0.39 is 0 Å². The molecule has 20 heavy (non-hydrogen) atoms. The number of hydrogen-bond acceptors (Lipinski definition) is 4. The van der Waals surface area contributed by atoms with Crippen LogP contribution in [0.4, 0.5) is 5.82 Å². The van der Waals surface area contributed by atoms with Crippen LogP contribution in [0.25, 0.3) is 11.0 Å². The maximum atomic E-state index is 5.85. The van der Waals surface area contributed by atoms with Crippen molar-refractivity contribution in [3.63, 3.8) is 0 Å². The van der Waals surface area contributed by atoms with Gasteiger partial charge in [-0.15, -0.1) is 0 Å². The first-order valence-corrected chi connectivity index (χ1v) is 7.15. The highest BCUT2D eigenvalue weighted by atomic mass is 15.2. The second kappa shape index (κ2) is 5.75. The van der Waals surface area contributed by atoms with Crippen molar-refractivity contribution in [3.8, 4) is 0 Å². The van der Waals surface area contributed by atoms with Gasteiger partial charge in [-0.2, -0.15) is 0 Å². The monoisotopic (exact) mass is 272 g/mol. The molecule has 1 aromatic carbocycles. The minimum Gasteiger partial charge on any atom is -0.355 e. The first-order valence-electron chi connectivity index (χ1n) is 7.15. The Bertz CT molecular complexity index is 592. The summed E-state index contributed by atoms with van der Waals surface area (Å²) in [5.74, 6) is 0.965. The van der Waals surface area contributed by atoms with Crippen molar-refractivity contribution in [3.05, 3.63) is 30.0 Å². The molecular weight excluding hydrogens is 248 g/mol. The molecule has 1 heterocycles. The molecule has 0 radical (unpaired) electrons. The summed E-state index contributed by atoms with van der Waals surface area (Å²) in [4.78, 5) is 11.7. The maximum absolute atomic E-state index is 5.85. The van der Waals surface area contributed by atoms with Crippen LogP contribution < -0.4 is 10.6 Å². The maximum Gasteiger partial charge on any atom is 0.150 e. The molecule has 0 unspecified atom stereocenters. The number of rotatable bonds is 5. The van der Waals surface area contributed by atoms with Crippen LogP contribution in [-0.2, 0) is 0 Å². The van der Waals surface area contributed by atoms with Crippen LogP contribution in [0.5, 0.6) is 0 Å². The molecule has 0 fully saturated rings. The highest BCUT2D eigenvalue weighted by Gasteiger charge is 2.22. The summed E-state index contributed by atoms with van der Waals surface area (Å²) in [5.41, 5.74) is 8.78. The fourth-order valence-corrected chi connectivity index (χ4v) is 2.30. The highest BCUT2D eigenvalue weighted by Crippen LogP contribution is 2.23. The van der Waals surface area contributed by atoms with Crippen molar-refractivity contribution in [2.24, 2.45) is 11.1 Å². The lowest BCUT2D eigenvalue weighted by Gasteiger charge is -2.32. The van der Waals surface area contributed by atoms with Gasteiger partial charge in [0.2, 0.25) is 0 Å². The van der Waals surface area contributed by atoms with Gasteiger partial charge in [-0.05, 0) is 37.9 Å². The molecule has 2 N–H and O–H groups in total. The van der Waals surface area contributed by atoms with Gasteiger partial charge in [0.25, 0.3) is 0 Å². The molecule has 2 aromatic rings. The molecule has 0 saturated heterocycles. The molecule has 0 spiro atoms. The average Bonchev–Trinajstić information content (AvgIpc) is 2.44. The van der Waals surface area contributed by atoms with Crippen molar-refractivity contribution in [2.45, 2.75) is 27.7 Å². The van der Waals surface area contributed by atoms with Crippen LogP contribution in [-0.4, -0.2) is 29.6 Å². The summed E-state index contributed by atoms with van der Waals surface area (Å²) in [7, 11) is 0. The Morgan fingerprint density at radius 3 is 2.30 bits per heavy atom. The van der Waals surface area contributed by atoms with E-state index in [2.05, 4.69) is 30.7 Å². The SMILES string of the molecule is CCN(CC(C)(C)CN)c1nc2ccccc2nc1C. The van der Waals surface area contributed by atoms with Gasteiger partial charge in [-0.1, -0.05) is 26.0 Å². The number of para-hydroxylation sites is 2. The summed E-state index contributed by atoms with van der Waals surface area (Å²) < 4.78 is 0. The number of nitrogens with zero attached hydrogens (tertiary/aromatic N) is 3. The first-order chi connectivity index (χ1) is 9.46. The highest BCUT2D eigenvalue weighted by molar-refractivity contribution is 5.76. The Balaban J connectivity index is 2.41. The van der Waals surface area contributed by atoms with Crippen LogP contribution >= 0.6 is 0 Å². The molecule has 0 saturated carbocycles. The number of fused-ring (bicyclic) bond motifs is 1. The van der Waals surface area contributed by atoms with E-state index in [-0.39, 0.29) is 5.41 Å². The zero-order valence-electron chi connectivity index (χ0n) is 12.8. The number of aryl methyl sites for hydroxylation is 1. The van der Waals surface area contributed by atoms with Gasteiger partial charge < -0.3 is 10.6 Å². The minimum atomic E-state index is 0.0653. The van der Waals surface area contributed by atoms with Crippen molar-refractivity contribution in [1.82, 2.24) is 9.97 Å². The Kier molecular flexibility index (Phi) is 4.23. The van der Waals surface area contributed by atoms with Crippen LogP contribution in [0.3, 0.4) is 0 Å². The summed E-state index contributed by atoms with van der Waals surface area (Å²) >= 11 is 0. The van der Waals surface area contributed by atoms with Gasteiger partial charge in [0.15, 0.2) is 5.82 Å². The second-order valence-corrected chi connectivity index (χ2v) is 6.00. The van der Waals surface area contributed by atoms with Gasteiger partial charge in [-0.3, -0.25) is 0 Å². The second-order valence-electron chi connectivity index (χ2n) is 6.00. The van der Waals surface area contributed by atoms with Crippen molar-refractivity contribution in [1.29, 1.82) is 0 Å². The predicted octanol–water partition coefficient (Wildman–Crippen LogP) is 2.75. The zero-order chi connectivity index (χ0) is 14.8. The molecule has 0 amide bonds. The molecule has 2 rings (SSSR count). The normalized spacial score (nSPS) is 11.8. The lowest BCUT2D eigenvalue weighted by atomic mass is 9.93. The fourth-order valence-electron chi connectivity index (χ4n) is 2.30. The van der Waals surface area contributed by atoms with Crippen molar-refractivity contribution >= 4 is 16.9 Å². The lowest BCUT2D eigenvalue weighted by Crippen LogP contribution is -2.39. The standard InChI is InChI=1S/C16H24N4/c1-5-20(11-16(3,4)10-17)15-12(2)18-13-8-6-7-9-14(13)19-15/h6-9H,5,10-11,17H2,1-4H3. The van der Waals surface area contributed by atoms with Crippen LogP contribution in [0.15, 0.2) is 24.3 Å². The Labute approximate surface area is 121 Å². The molecule has 1 aromatic heterocycles. The minimum absolute atomic E-state index is 0.0653. The largest absolute Gasteiger partial charge is 0.355 e. The van der Waals surface area contributed by atoms with Gasteiger partial charge in [0, 0.05) is 13.1 Å². The molecule has 4 heteroatoms. The molecule has 0 aliphatic rings. The molecule has 0 atom stereocenters. The number of benzene rings is 1. The number of nitrogens with two attached hydrogens (primary N) is 1. The topological polar surface area (TPSA) is 55.0 Å². The number of aromatic nitrogens is 2. The molecule has 0 bridgehead atoms. The Hall–Kier alpha value is -1.68. The van der Waals surface area contributed by atoms with Gasteiger partial charge >= 0.3 is 0 Å². The van der Waals surface area contributed by atoms with E-state index in [0.717, 1.165) is 35.6 Å². The van der Waals surface area contributed by atoms with Crippen molar-refractivity contribution < 1.29 is 0 Å². The van der Waals surface area contributed by atoms with E-state index in [9.17, 15) is 0 Å². The fraction of sp³-hybridized carbons (Fsp3) is 0.500. The van der Waals surface area contributed by atoms with E-state index >= 15 is 0 Å². The van der Waals surface area contributed by atoms with Crippen LogP contribution in [0.2, 0.25) is 0 Å². The van der Waals surface area contributed by atoms with E-state index in [1.165, 1.54) is 0 Å². The first kappa shape index (κ1) is 14.7. The molecule has 108 valence electrons. The Morgan fingerprint density at radius 2 is 1.75 bits per heavy atom. The van der Waals surface area contributed by atoms with E-state index in [4.69, 9.17) is 10.7 Å². The molecular formula is C16H24N4.